The molecule has 4 rings (SSSR count). The van der Waals surface area contributed by atoms with Crippen LogP contribution < -0.4 is 10.5 Å². The number of benzene rings is 1. The highest BCUT2D eigenvalue weighted by Crippen LogP contribution is 2.39. The molecule has 6 heteroatoms. The van der Waals surface area contributed by atoms with Crippen LogP contribution in [-0.2, 0) is 0 Å². The van der Waals surface area contributed by atoms with E-state index in [1.54, 1.807) is 0 Å². The van der Waals surface area contributed by atoms with Crippen LogP contribution in [0.5, 0.6) is 0 Å². The van der Waals surface area contributed by atoms with Crippen molar-refractivity contribution in [3.8, 4) is 0 Å². The molecule has 0 radical (unpaired) electrons. The Morgan fingerprint density at radius 2 is 1.56 bits per heavy atom. The number of para-hydroxylation sites is 1. The maximum Gasteiger partial charge on any atom is 0.287 e. The van der Waals surface area contributed by atoms with E-state index in [9.17, 15) is 4.79 Å². The second-order valence-electron chi connectivity index (χ2n) is 6.99. The molecule has 2 saturated carbocycles. The van der Waals surface area contributed by atoms with Crippen molar-refractivity contribution < 1.29 is 0 Å². The summed E-state index contributed by atoms with van der Waals surface area (Å²) < 4.78 is 1.52. The fraction of sp³-hybridized carbons (Fsp3) is 0.474. The summed E-state index contributed by atoms with van der Waals surface area (Å²) in [5.74, 6) is 0. The van der Waals surface area contributed by atoms with Gasteiger partial charge in [0.25, 0.3) is 5.56 Å². The molecule has 0 bridgehead atoms. The topological polar surface area (TPSA) is 38.1 Å². The summed E-state index contributed by atoms with van der Waals surface area (Å²) in [5, 5.41) is 4.51. The maximum atomic E-state index is 12.3. The first kappa shape index (κ1) is 16.9. The fourth-order valence-electron chi connectivity index (χ4n) is 3.94. The van der Waals surface area contributed by atoms with E-state index in [1.165, 1.54) is 29.4 Å². The van der Waals surface area contributed by atoms with Crippen LogP contribution in [0.4, 0.5) is 5.69 Å². The molecule has 25 heavy (non-hydrogen) atoms. The standard InChI is InChI=1S/C19H21Cl2N3O/c20-17-12-22-24(19(25)18(17)21)16-10-8-15(9-11-16)23(14-6-7-14)13-4-2-1-3-5-13/h1-5,12,14-16H,6-11H2. The monoisotopic (exact) mass is 377 g/mol. The van der Waals surface area contributed by atoms with E-state index in [2.05, 4.69) is 40.3 Å². The van der Waals surface area contributed by atoms with Crippen molar-refractivity contribution >= 4 is 28.9 Å². The summed E-state index contributed by atoms with van der Waals surface area (Å²) in [6.07, 6.45) is 8.02. The van der Waals surface area contributed by atoms with Crippen LogP contribution in [0, 0.1) is 0 Å². The molecule has 0 unspecified atom stereocenters. The molecule has 1 aromatic carbocycles. The van der Waals surface area contributed by atoms with E-state index in [0.29, 0.717) is 12.1 Å². The number of rotatable bonds is 4. The molecule has 0 N–H and O–H groups in total. The smallest absolute Gasteiger partial charge is 0.287 e. The molecule has 2 aliphatic carbocycles. The molecule has 1 aromatic heterocycles. The van der Waals surface area contributed by atoms with Gasteiger partial charge in [-0.1, -0.05) is 41.4 Å². The lowest BCUT2D eigenvalue weighted by molar-refractivity contribution is 0.286. The first-order valence-corrected chi connectivity index (χ1v) is 9.67. The third-order valence-corrected chi connectivity index (χ3v) is 6.05. The molecule has 0 aliphatic heterocycles. The molecule has 4 nitrogen and oxygen atoms in total. The summed E-state index contributed by atoms with van der Waals surface area (Å²) >= 11 is 11.9. The largest absolute Gasteiger partial charge is 0.366 e. The van der Waals surface area contributed by atoms with Gasteiger partial charge in [-0.3, -0.25) is 4.79 Å². The Labute approximate surface area is 157 Å². The van der Waals surface area contributed by atoms with Crippen LogP contribution in [0.25, 0.3) is 0 Å². The van der Waals surface area contributed by atoms with Crippen molar-refractivity contribution in [1.82, 2.24) is 9.78 Å². The second-order valence-corrected chi connectivity index (χ2v) is 7.78. The zero-order chi connectivity index (χ0) is 17.4. The number of nitrogens with zero attached hydrogens (tertiary/aromatic N) is 3. The van der Waals surface area contributed by atoms with Crippen LogP contribution in [0.15, 0.2) is 41.3 Å². The van der Waals surface area contributed by atoms with Gasteiger partial charge in [0.1, 0.15) is 5.02 Å². The average Bonchev–Trinajstić information content (AvgIpc) is 3.47. The molecule has 2 fully saturated rings. The highest BCUT2D eigenvalue weighted by Gasteiger charge is 2.36. The molecule has 0 saturated heterocycles. The van der Waals surface area contributed by atoms with Gasteiger partial charge < -0.3 is 4.90 Å². The lowest BCUT2D eigenvalue weighted by Crippen LogP contribution is -2.41. The van der Waals surface area contributed by atoms with Crippen LogP contribution >= 0.6 is 23.2 Å². The predicted octanol–water partition coefficient (Wildman–Crippen LogP) is 4.70. The lowest BCUT2D eigenvalue weighted by atomic mass is 9.89. The van der Waals surface area contributed by atoms with Crippen LogP contribution in [-0.4, -0.2) is 21.9 Å². The van der Waals surface area contributed by atoms with Gasteiger partial charge in [-0.2, -0.15) is 5.10 Å². The van der Waals surface area contributed by atoms with Crippen molar-refractivity contribution in [3.05, 3.63) is 56.9 Å². The maximum absolute atomic E-state index is 12.3. The van der Waals surface area contributed by atoms with E-state index in [1.807, 2.05) is 0 Å². The van der Waals surface area contributed by atoms with Crippen LogP contribution in [0.1, 0.15) is 44.6 Å². The minimum absolute atomic E-state index is 0.0719. The number of anilines is 1. The van der Waals surface area contributed by atoms with Crippen molar-refractivity contribution in [2.45, 2.75) is 56.7 Å². The molecule has 132 valence electrons. The Kier molecular flexibility index (Phi) is 4.74. The molecule has 0 amide bonds. The summed E-state index contributed by atoms with van der Waals surface area (Å²) in [7, 11) is 0. The Morgan fingerprint density at radius 1 is 0.960 bits per heavy atom. The molecule has 0 spiro atoms. The van der Waals surface area contributed by atoms with E-state index < -0.39 is 0 Å². The minimum Gasteiger partial charge on any atom is -0.366 e. The molecule has 2 aliphatic rings. The van der Waals surface area contributed by atoms with Gasteiger partial charge >= 0.3 is 0 Å². The molecular weight excluding hydrogens is 357 g/mol. The van der Waals surface area contributed by atoms with Crippen molar-refractivity contribution in [2.24, 2.45) is 0 Å². The second kappa shape index (κ2) is 7.00. The van der Waals surface area contributed by atoms with E-state index in [4.69, 9.17) is 23.2 Å². The summed E-state index contributed by atoms with van der Waals surface area (Å²) in [5.41, 5.74) is 1.04. The Balaban J connectivity index is 1.49. The summed E-state index contributed by atoms with van der Waals surface area (Å²) in [4.78, 5) is 14.9. The van der Waals surface area contributed by atoms with Gasteiger partial charge in [0, 0.05) is 17.8 Å². The van der Waals surface area contributed by atoms with E-state index in [0.717, 1.165) is 25.7 Å². The number of halogens is 2. The summed E-state index contributed by atoms with van der Waals surface area (Å²) in [6.45, 7) is 0. The Hall–Kier alpha value is -1.52. The first-order chi connectivity index (χ1) is 12.1. The predicted molar refractivity (Wildman–Crippen MR) is 102 cm³/mol. The highest BCUT2D eigenvalue weighted by molar-refractivity contribution is 6.41. The van der Waals surface area contributed by atoms with Crippen molar-refractivity contribution in [3.63, 3.8) is 0 Å². The highest BCUT2D eigenvalue weighted by atomic mass is 35.5. The van der Waals surface area contributed by atoms with Gasteiger partial charge in [0.15, 0.2) is 0 Å². The molecule has 1 heterocycles. The fourth-order valence-corrected chi connectivity index (χ4v) is 4.20. The van der Waals surface area contributed by atoms with Crippen molar-refractivity contribution in [2.75, 3.05) is 4.90 Å². The van der Waals surface area contributed by atoms with Gasteiger partial charge in [0.2, 0.25) is 0 Å². The van der Waals surface area contributed by atoms with E-state index in [-0.39, 0.29) is 21.6 Å². The van der Waals surface area contributed by atoms with Gasteiger partial charge in [-0.05, 0) is 50.7 Å². The zero-order valence-electron chi connectivity index (χ0n) is 13.9. The number of aromatic nitrogens is 2. The summed E-state index contributed by atoms with van der Waals surface area (Å²) in [6, 6.07) is 12.0. The molecule has 0 atom stereocenters. The van der Waals surface area contributed by atoms with Gasteiger partial charge in [-0.15, -0.1) is 0 Å². The van der Waals surface area contributed by atoms with Gasteiger partial charge in [-0.25, -0.2) is 4.68 Å². The average molecular weight is 378 g/mol. The van der Waals surface area contributed by atoms with E-state index >= 15 is 0 Å². The SMILES string of the molecule is O=c1c(Cl)c(Cl)cnn1C1CCC(N(c2ccccc2)C2CC2)CC1. The lowest BCUT2D eigenvalue weighted by Gasteiger charge is -2.38. The number of hydrogen-bond acceptors (Lipinski definition) is 3. The number of hydrogen-bond donors (Lipinski definition) is 0. The zero-order valence-corrected chi connectivity index (χ0v) is 15.5. The molecule has 2 aromatic rings. The normalized spacial score (nSPS) is 23.4. The first-order valence-electron chi connectivity index (χ1n) is 8.91. The quantitative estimate of drug-likeness (QED) is 0.774. The van der Waals surface area contributed by atoms with Crippen molar-refractivity contribution in [1.29, 1.82) is 0 Å². The minimum atomic E-state index is -0.278. The Morgan fingerprint density at radius 3 is 2.16 bits per heavy atom. The third-order valence-electron chi connectivity index (χ3n) is 5.30. The third kappa shape index (κ3) is 3.42. The van der Waals surface area contributed by atoms with Crippen LogP contribution in [0.3, 0.4) is 0 Å². The Bertz CT molecular complexity index is 796. The molecular formula is C19H21Cl2N3O. The van der Waals surface area contributed by atoms with Gasteiger partial charge in [0.05, 0.1) is 17.3 Å². The van der Waals surface area contributed by atoms with Crippen LogP contribution in [0.2, 0.25) is 10.0 Å².